The van der Waals surface area contributed by atoms with Gasteiger partial charge >= 0.3 is 5.97 Å². The summed E-state index contributed by atoms with van der Waals surface area (Å²) in [7, 11) is 1.56. The van der Waals surface area contributed by atoms with Crippen LogP contribution < -0.4 is 9.47 Å². The highest BCUT2D eigenvalue weighted by atomic mass is 16.5. The van der Waals surface area contributed by atoms with Crippen LogP contribution in [-0.2, 0) is 4.79 Å². The lowest BCUT2D eigenvalue weighted by molar-refractivity contribution is -0.135. The first-order valence-corrected chi connectivity index (χ1v) is 4.77. The van der Waals surface area contributed by atoms with E-state index in [1.165, 1.54) is 0 Å². The predicted molar refractivity (Wildman–Crippen MR) is 59.6 cm³/mol. The smallest absolute Gasteiger partial charge is 0.371 e. The van der Waals surface area contributed by atoms with E-state index in [0.29, 0.717) is 17.1 Å². The maximum atomic E-state index is 10.9. The van der Waals surface area contributed by atoms with Crippen molar-refractivity contribution in [2.75, 3.05) is 7.11 Å². The van der Waals surface area contributed by atoms with Crippen LogP contribution in [0.1, 0.15) is 13.8 Å². The number of rotatable bonds is 4. The lowest BCUT2D eigenvalue weighted by Crippen LogP contribution is -2.09. The Hall–Kier alpha value is -1.97. The third-order valence-electron chi connectivity index (χ3n) is 1.93. The molecule has 0 aliphatic heterocycles. The molecule has 0 fully saturated rings. The highest BCUT2D eigenvalue weighted by molar-refractivity contribution is 5.85. The molecule has 1 rings (SSSR count). The number of methoxy groups -OCH3 is 1. The van der Waals surface area contributed by atoms with E-state index in [-0.39, 0.29) is 5.76 Å². The Labute approximate surface area is 94.1 Å². The van der Waals surface area contributed by atoms with Crippen LogP contribution in [0.15, 0.2) is 35.6 Å². The number of carbonyl (C=O) groups is 1. The molecule has 0 aliphatic carbocycles. The second-order valence-corrected chi connectivity index (χ2v) is 3.41. The zero-order chi connectivity index (χ0) is 12.1. The summed E-state index contributed by atoms with van der Waals surface area (Å²) in [6.07, 6.45) is 0. The van der Waals surface area contributed by atoms with Crippen molar-refractivity contribution in [3.8, 4) is 11.5 Å². The van der Waals surface area contributed by atoms with Gasteiger partial charge in [-0.1, -0.05) is 0 Å². The zero-order valence-corrected chi connectivity index (χ0v) is 9.48. The predicted octanol–water partition coefficient (Wildman–Crippen LogP) is 2.45. The van der Waals surface area contributed by atoms with Crippen LogP contribution >= 0.6 is 0 Å². The molecule has 16 heavy (non-hydrogen) atoms. The number of benzene rings is 1. The molecular formula is C12H14O4. The number of allylic oxidation sites excluding steroid dienone is 1. The minimum Gasteiger partial charge on any atom is -0.497 e. The molecular weight excluding hydrogens is 208 g/mol. The Kier molecular flexibility index (Phi) is 3.94. The first-order valence-electron chi connectivity index (χ1n) is 4.77. The summed E-state index contributed by atoms with van der Waals surface area (Å²) >= 11 is 0. The van der Waals surface area contributed by atoms with Crippen LogP contribution in [0.25, 0.3) is 0 Å². The number of aliphatic carboxylic acids is 1. The van der Waals surface area contributed by atoms with Crippen molar-refractivity contribution in [1.29, 1.82) is 0 Å². The molecule has 0 atom stereocenters. The SMILES string of the molecule is COc1ccc(OC(C(=O)O)=C(C)C)cc1. The number of carboxylic acids is 1. The van der Waals surface area contributed by atoms with Gasteiger partial charge in [0.05, 0.1) is 7.11 Å². The van der Waals surface area contributed by atoms with Crippen LogP contribution in [0.3, 0.4) is 0 Å². The summed E-state index contributed by atoms with van der Waals surface area (Å²) in [5.41, 5.74) is 0.614. The maximum absolute atomic E-state index is 10.9. The lowest BCUT2D eigenvalue weighted by atomic mass is 10.3. The van der Waals surface area contributed by atoms with Gasteiger partial charge in [0.15, 0.2) is 0 Å². The molecule has 0 bridgehead atoms. The molecule has 0 saturated heterocycles. The second-order valence-electron chi connectivity index (χ2n) is 3.41. The zero-order valence-electron chi connectivity index (χ0n) is 9.48. The van der Waals surface area contributed by atoms with E-state index in [9.17, 15) is 4.79 Å². The van der Waals surface area contributed by atoms with Crippen molar-refractivity contribution in [2.45, 2.75) is 13.8 Å². The molecule has 0 amide bonds. The van der Waals surface area contributed by atoms with E-state index in [4.69, 9.17) is 14.6 Å². The summed E-state index contributed by atoms with van der Waals surface area (Å²) in [5, 5.41) is 8.90. The average molecular weight is 222 g/mol. The van der Waals surface area contributed by atoms with Crippen molar-refractivity contribution in [3.05, 3.63) is 35.6 Å². The van der Waals surface area contributed by atoms with Crippen molar-refractivity contribution in [1.82, 2.24) is 0 Å². The molecule has 0 aromatic heterocycles. The van der Waals surface area contributed by atoms with Crippen molar-refractivity contribution in [3.63, 3.8) is 0 Å². The number of carboxylic acid groups (broad SMARTS) is 1. The van der Waals surface area contributed by atoms with Crippen molar-refractivity contribution >= 4 is 5.97 Å². The largest absolute Gasteiger partial charge is 0.497 e. The molecule has 0 heterocycles. The fourth-order valence-corrected chi connectivity index (χ4v) is 1.12. The van der Waals surface area contributed by atoms with E-state index in [0.717, 1.165) is 0 Å². The first-order chi connectivity index (χ1) is 7.54. The monoisotopic (exact) mass is 222 g/mol. The third-order valence-corrected chi connectivity index (χ3v) is 1.93. The number of ether oxygens (including phenoxy) is 2. The van der Waals surface area contributed by atoms with Gasteiger partial charge in [0.1, 0.15) is 11.5 Å². The van der Waals surface area contributed by atoms with Crippen LogP contribution in [0.2, 0.25) is 0 Å². The van der Waals surface area contributed by atoms with E-state index in [1.54, 1.807) is 45.2 Å². The van der Waals surface area contributed by atoms with Gasteiger partial charge in [-0.05, 0) is 43.7 Å². The lowest BCUT2D eigenvalue weighted by Gasteiger charge is -2.08. The Morgan fingerprint density at radius 2 is 1.62 bits per heavy atom. The standard InChI is InChI=1S/C12H14O4/c1-8(2)11(12(13)14)16-10-6-4-9(15-3)5-7-10/h4-7H,1-3H3,(H,13,14). The van der Waals surface area contributed by atoms with Crippen LogP contribution in [0, 0.1) is 0 Å². The summed E-state index contributed by atoms with van der Waals surface area (Å²) in [6.45, 7) is 3.37. The van der Waals surface area contributed by atoms with Gasteiger partial charge in [-0.2, -0.15) is 0 Å². The van der Waals surface area contributed by atoms with Crippen LogP contribution in [-0.4, -0.2) is 18.2 Å². The van der Waals surface area contributed by atoms with Gasteiger partial charge < -0.3 is 14.6 Å². The summed E-state index contributed by atoms with van der Waals surface area (Å²) in [5.74, 6) is 0.0433. The molecule has 4 heteroatoms. The topological polar surface area (TPSA) is 55.8 Å². The molecule has 0 spiro atoms. The second kappa shape index (κ2) is 5.21. The molecule has 0 saturated carbocycles. The molecule has 1 aromatic carbocycles. The fraction of sp³-hybridized carbons (Fsp3) is 0.250. The van der Waals surface area contributed by atoms with Crippen LogP contribution in [0.5, 0.6) is 11.5 Å². The molecule has 86 valence electrons. The molecule has 1 N–H and O–H groups in total. The van der Waals surface area contributed by atoms with Gasteiger partial charge in [-0.3, -0.25) is 0 Å². The summed E-state index contributed by atoms with van der Waals surface area (Å²) < 4.78 is 10.2. The third kappa shape index (κ3) is 3.02. The molecule has 4 nitrogen and oxygen atoms in total. The number of hydrogen-bond donors (Lipinski definition) is 1. The van der Waals surface area contributed by atoms with Gasteiger partial charge in [0.2, 0.25) is 5.76 Å². The molecule has 0 aliphatic rings. The minimum absolute atomic E-state index is 0.0508. The van der Waals surface area contributed by atoms with Crippen LogP contribution in [0.4, 0.5) is 0 Å². The molecule has 1 aromatic rings. The van der Waals surface area contributed by atoms with Crippen molar-refractivity contribution < 1.29 is 19.4 Å². The molecule has 0 radical (unpaired) electrons. The fourth-order valence-electron chi connectivity index (χ4n) is 1.12. The number of hydrogen-bond acceptors (Lipinski definition) is 3. The highest BCUT2D eigenvalue weighted by Gasteiger charge is 2.11. The Balaban J connectivity index is 2.87. The Morgan fingerprint density at radius 1 is 1.12 bits per heavy atom. The van der Waals surface area contributed by atoms with E-state index in [2.05, 4.69) is 0 Å². The summed E-state index contributed by atoms with van der Waals surface area (Å²) in [4.78, 5) is 10.9. The van der Waals surface area contributed by atoms with Gasteiger partial charge in [-0.15, -0.1) is 0 Å². The van der Waals surface area contributed by atoms with Gasteiger partial charge in [0, 0.05) is 0 Å². The highest BCUT2D eigenvalue weighted by Crippen LogP contribution is 2.20. The average Bonchev–Trinajstić information content (AvgIpc) is 2.25. The van der Waals surface area contributed by atoms with E-state index < -0.39 is 5.97 Å². The summed E-state index contributed by atoms with van der Waals surface area (Å²) in [6, 6.07) is 6.73. The Bertz CT molecular complexity index is 400. The maximum Gasteiger partial charge on any atom is 0.371 e. The van der Waals surface area contributed by atoms with E-state index in [1.807, 2.05) is 0 Å². The Morgan fingerprint density at radius 3 is 2.00 bits per heavy atom. The normalized spacial score (nSPS) is 9.44. The first kappa shape index (κ1) is 12.1. The van der Waals surface area contributed by atoms with Crippen molar-refractivity contribution in [2.24, 2.45) is 0 Å². The van der Waals surface area contributed by atoms with E-state index >= 15 is 0 Å². The quantitative estimate of drug-likeness (QED) is 0.628. The van der Waals surface area contributed by atoms with Gasteiger partial charge in [-0.25, -0.2) is 4.79 Å². The van der Waals surface area contributed by atoms with Gasteiger partial charge in [0.25, 0.3) is 0 Å². The molecule has 0 unspecified atom stereocenters. The minimum atomic E-state index is -1.07.